The second-order valence-corrected chi connectivity index (χ2v) is 4.63. The standard InChI is InChI=1S/C10H23N.ClH/c1-9(2)6-7-10(3,4)8-11-5;/h9,11H,6-8H2,1-5H3;1H. The molecule has 0 heterocycles. The molecule has 76 valence electrons. The van der Waals surface area contributed by atoms with Gasteiger partial charge >= 0.3 is 0 Å². The topological polar surface area (TPSA) is 12.0 Å². The Bertz CT molecular complexity index is 100. The fraction of sp³-hybridized carbons (Fsp3) is 1.00. The number of rotatable bonds is 5. The third kappa shape index (κ3) is 8.35. The molecule has 0 aliphatic heterocycles. The quantitative estimate of drug-likeness (QED) is 0.708. The highest BCUT2D eigenvalue weighted by Gasteiger charge is 2.16. The Morgan fingerprint density at radius 2 is 1.75 bits per heavy atom. The van der Waals surface area contributed by atoms with Crippen molar-refractivity contribution < 1.29 is 0 Å². The van der Waals surface area contributed by atoms with Crippen molar-refractivity contribution in [3.05, 3.63) is 0 Å². The number of halogens is 1. The van der Waals surface area contributed by atoms with Gasteiger partial charge in [-0.05, 0) is 31.3 Å². The van der Waals surface area contributed by atoms with E-state index in [2.05, 4.69) is 33.0 Å². The molecule has 0 unspecified atom stereocenters. The average molecular weight is 194 g/mol. The molecule has 1 nitrogen and oxygen atoms in total. The van der Waals surface area contributed by atoms with Gasteiger partial charge in [0.15, 0.2) is 0 Å². The highest BCUT2D eigenvalue weighted by atomic mass is 35.5. The Labute approximate surface area is 83.7 Å². The third-order valence-electron chi connectivity index (χ3n) is 2.05. The summed E-state index contributed by atoms with van der Waals surface area (Å²) in [6.45, 7) is 10.3. The Hall–Kier alpha value is 0.250. The molecule has 0 radical (unpaired) electrons. The second-order valence-electron chi connectivity index (χ2n) is 4.63. The lowest BCUT2D eigenvalue weighted by atomic mass is 9.85. The fourth-order valence-corrected chi connectivity index (χ4v) is 1.25. The lowest BCUT2D eigenvalue weighted by Crippen LogP contribution is -2.26. The summed E-state index contributed by atoms with van der Waals surface area (Å²) in [5.41, 5.74) is 0.471. The normalized spacial score (nSPS) is 11.5. The molecule has 2 heteroatoms. The van der Waals surface area contributed by atoms with Crippen LogP contribution in [0, 0.1) is 11.3 Å². The maximum absolute atomic E-state index is 3.23. The van der Waals surface area contributed by atoms with E-state index in [9.17, 15) is 0 Å². The lowest BCUT2D eigenvalue weighted by Gasteiger charge is -2.24. The summed E-state index contributed by atoms with van der Waals surface area (Å²) >= 11 is 0. The first-order chi connectivity index (χ1) is 4.98. The molecule has 0 spiro atoms. The van der Waals surface area contributed by atoms with Crippen molar-refractivity contribution >= 4 is 12.4 Å². The van der Waals surface area contributed by atoms with E-state index in [1.54, 1.807) is 0 Å². The smallest absolute Gasteiger partial charge is 0.0000486 e. The molecule has 0 rings (SSSR count). The van der Waals surface area contributed by atoms with Crippen molar-refractivity contribution in [1.29, 1.82) is 0 Å². The number of hydrogen-bond acceptors (Lipinski definition) is 1. The number of nitrogens with one attached hydrogen (secondary N) is 1. The summed E-state index contributed by atoms with van der Waals surface area (Å²) in [6, 6.07) is 0. The molecule has 0 saturated carbocycles. The van der Waals surface area contributed by atoms with Crippen molar-refractivity contribution in [2.24, 2.45) is 11.3 Å². The van der Waals surface area contributed by atoms with Gasteiger partial charge in [-0.15, -0.1) is 12.4 Å². The first-order valence-corrected chi connectivity index (χ1v) is 4.62. The van der Waals surface area contributed by atoms with Crippen LogP contribution in [0.3, 0.4) is 0 Å². The van der Waals surface area contributed by atoms with Crippen LogP contribution in [-0.4, -0.2) is 13.6 Å². The van der Waals surface area contributed by atoms with Gasteiger partial charge in [-0.2, -0.15) is 0 Å². The predicted octanol–water partition coefficient (Wildman–Crippen LogP) is 3.09. The maximum Gasteiger partial charge on any atom is -0.0000486 e. The Kier molecular flexibility index (Phi) is 8.28. The Morgan fingerprint density at radius 3 is 2.08 bits per heavy atom. The van der Waals surface area contributed by atoms with E-state index in [-0.39, 0.29) is 12.4 Å². The SMILES string of the molecule is CNCC(C)(C)CCC(C)C.Cl. The van der Waals surface area contributed by atoms with E-state index < -0.39 is 0 Å². The monoisotopic (exact) mass is 193 g/mol. The van der Waals surface area contributed by atoms with Crippen LogP contribution >= 0.6 is 12.4 Å². The molecule has 0 amide bonds. The lowest BCUT2D eigenvalue weighted by molar-refractivity contribution is 0.296. The van der Waals surface area contributed by atoms with Crippen LogP contribution in [-0.2, 0) is 0 Å². The van der Waals surface area contributed by atoms with E-state index in [0.29, 0.717) is 5.41 Å². The molecule has 0 bridgehead atoms. The highest BCUT2D eigenvalue weighted by molar-refractivity contribution is 5.85. The summed E-state index contributed by atoms with van der Waals surface area (Å²) in [4.78, 5) is 0. The van der Waals surface area contributed by atoms with Gasteiger partial charge in [0.05, 0.1) is 0 Å². The van der Waals surface area contributed by atoms with E-state index in [1.165, 1.54) is 12.8 Å². The zero-order valence-electron chi connectivity index (χ0n) is 9.11. The van der Waals surface area contributed by atoms with Crippen LogP contribution in [0.5, 0.6) is 0 Å². The van der Waals surface area contributed by atoms with Gasteiger partial charge in [0, 0.05) is 0 Å². The van der Waals surface area contributed by atoms with Crippen LogP contribution < -0.4 is 5.32 Å². The fourth-order valence-electron chi connectivity index (χ4n) is 1.25. The molecule has 0 aromatic heterocycles. The predicted molar refractivity (Wildman–Crippen MR) is 59.0 cm³/mol. The first-order valence-electron chi connectivity index (χ1n) is 4.62. The summed E-state index contributed by atoms with van der Waals surface area (Å²) in [5, 5.41) is 3.23. The van der Waals surface area contributed by atoms with Crippen molar-refractivity contribution in [1.82, 2.24) is 5.32 Å². The van der Waals surface area contributed by atoms with Gasteiger partial charge in [0.1, 0.15) is 0 Å². The summed E-state index contributed by atoms with van der Waals surface area (Å²) in [6.07, 6.45) is 2.67. The zero-order chi connectivity index (χ0) is 8.91. The van der Waals surface area contributed by atoms with E-state index in [0.717, 1.165) is 12.5 Å². The van der Waals surface area contributed by atoms with Crippen LogP contribution in [0.15, 0.2) is 0 Å². The van der Waals surface area contributed by atoms with Crippen LogP contribution in [0.2, 0.25) is 0 Å². The van der Waals surface area contributed by atoms with Gasteiger partial charge in [0.25, 0.3) is 0 Å². The van der Waals surface area contributed by atoms with Crippen molar-refractivity contribution in [3.8, 4) is 0 Å². The van der Waals surface area contributed by atoms with Crippen LogP contribution in [0.1, 0.15) is 40.5 Å². The van der Waals surface area contributed by atoms with Crippen molar-refractivity contribution in [3.63, 3.8) is 0 Å². The molecule has 1 N–H and O–H groups in total. The third-order valence-corrected chi connectivity index (χ3v) is 2.05. The summed E-state index contributed by atoms with van der Waals surface area (Å²) in [5.74, 6) is 0.839. The van der Waals surface area contributed by atoms with Gasteiger partial charge in [-0.25, -0.2) is 0 Å². The van der Waals surface area contributed by atoms with E-state index in [4.69, 9.17) is 0 Å². The molecular weight excluding hydrogens is 170 g/mol. The minimum absolute atomic E-state index is 0. The number of hydrogen-bond donors (Lipinski definition) is 1. The maximum atomic E-state index is 3.23. The Balaban J connectivity index is 0. The van der Waals surface area contributed by atoms with Crippen molar-refractivity contribution in [2.45, 2.75) is 40.5 Å². The summed E-state index contributed by atoms with van der Waals surface area (Å²) in [7, 11) is 2.02. The van der Waals surface area contributed by atoms with Crippen LogP contribution in [0.4, 0.5) is 0 Å². The molecule has 0 aliphatic carbocycles. The largest absolute Gasteiger partial charge is 0.319 e. The molecule has 0 aliphatic rings. The first kappa shape index (κ1) is 14.8. The average Bonchev–Trinajstić information content (AvgIpc) is 1.84. The van der Waals surface area contributed by atoms with Crippen LogP contribution in [0.25, 0.3) is 0 Å². The molecule has 0 aromatic rings. The molecule has 0 fully saturated rings. The second kappa shape index (κ2) is 6.73. The molecule has 0 aromatic carbocycles. The zero-order valence-corrected chi connectivity index (χ0v) is 9.92. The van der Waals surface area contributed by atoms with Gasteiger partial charge in [0.2, 0.25) is 0 Å². The van der Waals surface area contributed by atoms with Gasteiger partial charge in [-0.1, -0.05) is 34.1 Å². The molecule has 0 saturated heterocycles. The van der Waals surface area contributed by atoms with Gasteiger partial charge < -0.3 is 5.32 Å². The molecule has 12 heavy (non-hydrogen) atoms. The highest BCUT2D eigenvalue weighted by Crippen LogP contribution is 2.23. The summed E-state index contributed by atoms with van der Waals surface area (Å²) < 4.78 is 0. The van der Waals surface area contributed by atoms with E-state index in [1.807, 2.05) is 7.05 Å². The van der Waals surface area contributed by atoms with Crippen molar-refractivity contribution in [2.75, 3.05) is 13.6 Å². The minimum Gasteiger partial charge on any atom is -0.319 e. The minimum atomic E-state index is 0. The molecular formula is C10H24ClN. The Morgan fingerprint density at radius 1 is 1.25 bits per heavy atom. The molecule has 0 atom stereocenters. The van der Waals surface area contributed by atoms with E-state index >= 15 is 0 Å². The van der Waals surface area contributed by atoms with Gasteiger partial charge in [-0.3, -0.25) is 0 Å².